The molecule has 2 amide bonds. The van der Waals surface area contributed by atoms with Gasteiger partial charge in [-0.2, -0.15) is 0 Å². The molecule has 1 aliphatic rings. The third kappa shape index (κ3) is 6.29. The normalized spacial score (nSPS) is 15.4. The highest BCUT2D eigenvalue weighted by Gasteiger charge is 2.21. The maximum Gasteiger partial charge on any atom is 0.246 e. The number of rotatable bonds is 7. The lowest BCUT2D eigenvalue weighted by molar-refractivity contribution is -0.128. The number of amides is 2. The quantitative estimate of drug-likeness (QED) is 0.561. The second kappa shape index (κ2) is 10.5. The molecule has 1 aliphatic heterocycles. The summed E-state index contributed by atoms with van der Waals surface area (Å²) in [4.78, 5) is 27.9. The molecule has 0 aromatic heterocycles. The minimum absolute atomic E-state index is 0.0323. The summed E-state index contributed by atoms with van der Waals surface area (Å²) in [5.41, 5.74) is 0.635. The third-order valence-corrected chi connectivity index (χ3v) is 4.73. The zero-order chi connectivity index (χ0) is 18.9. The fourth-order valence-corrected chi connectivity index (χ4v) is 3.13. The number of methoxy groups -OCH3 is 1. The molecule has 0 atom stereocenters. The molecule has 1 saturated heterocycles. The molecular formula is C18H23Cl2N3O3. The van der Waals surface area contributed by atoms with E-state index >= 15 is 0 Å². The molecule has 1 N–H and O–H groups in total. The van der Waals surface area contributed by atoms with E-state index in [-0.39, 0.29) is 11.8 Å². The van der Waals surface area contributed by atoms with Crippen molar-refractivity contribution < 1.29 is 14.3 Å². The summed E-state index contributed by atoms with van der Waals surface area (Å²) in [5.74, 6) is -0.125. The number of carbonyl (C=O) groups is 2. The molecule has 1 aromatic carbocycles. The smallest absolute Gasteiger partial charge is 0.246 e. The Morgan fingerprint density at radius 3 is 2.46 bits per heavy atom. The van der Waals surface area contributed by atoms with Gasteiger partial charge < -0.3 is 15.0 Å². The van der Waals surface area contributed by atoms with Crippen LogP contribution < -0.4 is 5.32 Å². The van der Waals surface area contributed by atoms with E-state index in [1.165, 1.54) is 6.08 Å². The lowest BCUT2D eigenvalue weighted by Gasteiger charge is -2.33. The van der Waals surface area contributed by atoms with Crippen LogP contribution in [0.15, 0.2) is 24.3 Å². The van der Waals surface area contributed by atoms with Crippen LogP contribution in [0.5, 0.6) is 0 Å². The lowest BCUT2D eigenvalue weighted by Crippen LogP contribution is -2.51. The Balaban J connectivity index is 1.79. The third-order valence-electron chi connectivity index (χ3n) is 4.07. The molecule has 0 radical (unpaired) electrons. The molecule has 142 valence electrons. The van der Waals surface area contributed by atoms with E-state index in [0.717, 1.165) is 0 Å². The molecule has 0 bridgehead atoms. The van der Waals surface area contributed by atoms with E-state index < -0.39 is 0 Å². The van der Waals surface area contributed by atoms with Gasteiger partial charge in [0.05, 0.1) is 13.2 Å². The highest BCUT2D eigenvalue weighted by Crippen LogP contribution is 2.25. The summed E-state index contributed by atoms with van der Waals surface area (Å²) in [7, 11) is 1.59. The van der Waals surface area contributed by atoms with E-state index in [9.17, 15) is 9.59 Å². The fourth-order valence-electron chi connectivity index (χ4n) is 2.61. The highest BCUT2D eigenvalue weighted by molar-refractivity contribution is 6.37. The molecule has 2 rings (SSSR count). The average Bonchev–Trinajstić information content (AvgIpc) is 2.62. The van der Waals surface area contributed by atoms with Gasteiger partial charge in [-0.25, -0.2) is 0 Å². The Morgan fingerprint density at radius 2 is 1.85 bits per heavy atom. The van der Waals surface area contributed by atoms with Crippen molar-refractivity contribution in [3.63, 3.8) is 0 Å². The van der Waals surface area contributed by atoms with E-state index in [1.807, 2.05) is 4.90 Å². The second-order valence-corrected chi connectivity index (χ2v) is 6.73. The van der Waals surface area contributed by atoms with Gasteiger partial charge >= 0.3 is 0 Å². The maximum absolute atomic E-state index is 12.3. The lowest BCUT2D eigenvalue weighted by atomic mass is 10.2. The Hall–Kier alpha value is -1.60. The van der Waals surface area contributed by atoms with Gasteiger partial charge in [0.15, 0.2) is 0 Å². The summed E-state index contributed by atoms with van der Waals surface area (Å²) in [6, 6.07) is 5.22. The van der Waals surface area contributed by atoms with Crippen molar-refractivity contribution in [1.29, 1.82) is 0 Å². The topological polar surface area (TPSA) is 61.9 Å². The van der Waals surface area contributed by atoms with Gasteiger partial charge in [-0.1, -0.05) is 29.3 Å². The first-order valence-electron chi connectivity index (χ1n) is 8.40. The monoisotopic (exact) mass is 399 g/mol. The summed E-state index contributed by atoms with van der Waals surface area (Å²) >= 11 is 12.2. The van der Waals surface area contributed by atoms with Crippen LogP contribution in [0, 0.1) is 0 Å². The van der Waals surface area contributed by atoms with Gasteiger partial charge in [-0.05, 0) is 18.2 Å². The van der Waals surface area contributed by atoms with Gasteiger partial charge in [0.1, 0.15) is 0 Å². The van der Waals surface area contributed by atoms with Crippen LogP contribution in [0.4, 0.5) is 0 Å². The predicted octanol–water partition coefficient (Wildman–Crippen LogP) is 1.91. The first-order chi connectivity index (χ1) is 12.5. The number of hydrogen-bond acceptors (Lipinski definition) is 4. The van der Waals surface area contributed by atoms with Crippen molar-refractivity contribution in [1.82, 2.24) is 15.1 Å². The first kappa shape index (κ1) is 20.7. The average molecular weight is 400 g/mol. The van der Waals surface area contributed by atoms with Gasteiger partial charge in [-0.3, -0.25) is 14.5 Å². The van der Waals surface area contributed by atoms with Crippen LogP contribution in [-0.2, 0) is 14.3 Å². The zero-order valence-corrected chi connectivity index (χ0v) is 16.2. The largest absolute Gasteiger partial charge is 0.383 e. The second-order valence-electron chi connectivity index (χ2n) is 5.91. The van der Waals surface area contributed by atoms with Gasteiger partial charge in [0.25, 0.3) is 0 Å². The number of benzene rings is 1. The van der Waals surface area contributed by atoms with E-state index in [1.54, 1.807) is 36.3 Å². The van der Waals surface area contributed by atoms with Crippen LogP contribution in [0.2, 0.25) is 10.0 Å². The van der Waals surface area contributed by atoms with Gasteiger partial charge in [0.2, 0.25) is 11.8 Å². The standard InChI is InChI=1S/C18H23Cl2N3O3/c1-26-12-7-21-17(24)13-22-8-10-23(11-9-22)18(25)6-5-14-15(19)3-2-4-16(14)20/h2-6H,7-13H2,1H3,(H,21,24)/b6-5+. The molecule has 0 unspecified atom stereocenters. The molecular weight excluding hydrogens is 377 g/mol. The zero-order valence-electron chi connectivity index (χ0n) is 14.7. The first-order valence-corrected chi connectivity index (χ1v) is 9.16. The molecule has 8 heteroatoms. The molecule has 0 spiro atoms. The molecule has 0 saturated carbocycles. The molecule has 6 nitrogen and oxygen atoms in total. The van der Waals surface area contributed by atoms with Crippen LogP contribution in [0.1, 0.15) is 5.56 Å². The number of nitrogens with zero attached hydrogens (tertiary/aromatic N) is 2. The fraction of sp³-hybridized carbons (Fsp3) is 0.444. The van der Waals surface area contributed by atoms with Crippen molar-refractivity contribution in [3.8, 4) is 0 Å². The van der Waals surface area contributed by atoms with Crippen LogP contribution in [-0.4, -0.2) is 74.6 Å². The van der Waals surface area contributed by atoms with Crippen molar-refractivity contribution in [3.05, 3.63) is 39.9 Å². The Bertz CT molecular complexity index is 639. The van der Waals surface area contributed by atoms with E-state index in [2.05, 4.69) is 5.32 Å². The predicted molar refractivity (Wildman–Crippen MR) is 103 cm³/mol. The summed E-state index contributed by atoms with van der Waals surface area (Å²) in [6.07, 6.45) is 3.13. The van der Waals surface area contributed by atoms with Crippen molar-refractivity contribution in [2.75, 3.05) is 53.0 Å². The molecule has 0 aliphatic carbocycles. The number of nitrogens with one attached hydrogen (secondary N) is 1. The van der Waals surface area contributed by atoms with Crippen molar-refractivity contribution in [2.45, 2.75) is 0 Å². The number of halogens is 2. The Kier molecular flexibility index (Phi) is 8.38. The summed E-state index contributed by atoms with van der Waals surface area (Å²) in [6.45, 7) is 3.79. The van der Waals surface area contributed by atoms with Crippen LogP contribution in [0.25, 0.3) is 6.08 Å². The van der Waals surface area contributed by atoms with E-state index in [4.69, 9.17) is 27.9 Å². The number of carbonyl (C=O) groups excluding carboxylic acids is 2. The Labute approximate surface area is 163 Å². The number of ether oxygens (including phenoxy) is 1. The van der Waals surface area contributed by atoms with Gasteiger partial charge in [0, 0.05) is 61.5 Å². The van der Waals surface area contributed by atoms with Gasteiger partial charge in [-0.15, -0.1) is 0 Å². The van der Waals surface area contributed by atoms with E-state index in [0.29, 0.717) is 61.5 Å². The highest BCUT2D eigenvalue weighted by atomic mass is 35.5. The number of piperazine rings is 1. The Morgan fingerprint density at radius 1 is 1.19 bits per heavy atom. The van der Waals surface area contributed by atoms with Crippen LogP contribution >= 0.6 is 23.2 Å². The SMILES string of the molecule is COCCNC(=O)CN1CCN(C(=O)/C=C/c2c(Cl)cccc2Cl)CC1. The summed E-state index contributed by atoms with van der Waals surface area (Å²) in [5, 5.41) is 3.80. The molecule has 1 aromatic rings. The van der Waals surface area contributed by atoms with Crippen molar-refractivity contribution >= 4 is 41.1 Å². The molecule has 1 fully saturated rings. The molecule has 26 heavy (non-hydrogen) atoms. The summed E-state index contributed by atoms with van der Waals surface area (Å²) < 4.78 is 4.90. The van der Waals surface area contributed by atoms with Crippen LogP contribution in [0.3, 0.4) is 0 Å². The van der Waals surface area contributed by atoms with Crippen molar-refractivity contribution in [2.24, 2.45) is 0 Å². The molecule has 1 heterocycles. The maximum atomic E-state index is 12.3. The minimum atomic E-state index is -0.0924. The number of hydrogen-bond donors (Lipinski definition) is 1. The minimum Gasteiger partial charge on any atom is -0.383 e.